The van der Waals surface area contributed by atoms with Crippen molar-refractivity contribution in [3.63, 3.8) is 0 Å². The van der Waals surface area contributed by atoms with Gasteiger partial charge in [-0.05, 0) is 12.8 Å². The molecule has 0 aromatic carbocycles. The van der Waals surface area contributed by atoms with Crippen molar-refractivity contribution in [3.05, 3.63) is 0 Å². The lowest BCUT2D eigenvalue weighted by molar-refractivity contribution is -0.143. The third-order valence-electron chi connectivity index (χ3n) is 2.70. The molecule has 5 heteroatoms. The number of nitrogens with one attached hydrogen (secondary N) is 1. The monoisotopic (exact) mass is 214 g/mol. The summed E-state index contributed by atoms with van der Waals surface area (Å²) >= 11 is 0. The van der Waals surface area contributed by atoms with Crippen LogP contribution >= 0.6 is 0 Å². The van der Waals surface area contributed by atoms with Gasteiger partial charge in [-0.2, -0.15) is 0 Å². The minimum atomic E-state index is -0.980. The van der Waals surface area contributed by atoms with E-state index in [0.29, 0.717) is 6.04 Å². The molecule has 1 aliphatic rings. The van der Waals surface area contributed by atoms with Gasteiger partial charge in [0.2, 0.25) is 5.91 Å². The molecular formula is C10H18N2O3. The van der Waals surface area contributed by atoms with Gasteiger partial charge in [0.15, 0.2) is 0 Å². The van der Waals surface area contributed by atoms with E-state index in [9.17, 15) is 9.59 Å². The Morgan fingerprint density at radius 1 is 1.40 bits per heavy atom. The predicted octanol–water partition coefficient (Wildman–Crippen LogP) is 0.0616. The molecule has 1 saturated carbocycles. The maximum absolute atomic E-state index is 11.4. The molecule has 2 N–H and O–H groups in total. The molecule has 0 bridgehead atoms. The fourth-order valence-electron chi connectivity index (χ4n) is 1.79. The SMILES string of the molecule is CN(CC(=O)O)C(=O)CNC1CCCC1. The van der Waals surface area contributed by atoms with E-state index in [4.69, 9.17) is 5.11 Å². The lowest BCUT2D eigenvalue weighted by atomic mass is 10.2. The number of amides is 1. The fraction of sp³-hybridized carbons (Fsp3) is 0.800. The zero-order valence-corrected chi connectivity index (χ0v) is 9.03. The van der Waals surface area contributed by atoms with E-state index in [-0.39, 0.29) is 19.0 Å². The van der Waals surface area contributed by atoms with Gasteiger partial charge in [-0.25, -0.2) is 0 Å². The molecule has 0 aromatic heterocycles. The topological polar surface area (TPSA) is 69.6 Å². The van der Waals surface area contributed by atoms with E-state index in [1.54, 1.807) is 0 Å². The number of hydrogen-bond acceptors (Lipinski definition) is 3. The first-order valence-electron chi connectivity index (χ1n) is 5.28. The minimum absolute atomic E-state index is 0.163. The van der Waals surface area contributed by atoms with Crippen LogP contribution in [0.5, 0.6) is 0 Å². The molecule has 86 valence electrons. The number of carboxylic acid groups (broad SMARTS) is 1. The van der Waals surface area contributed by atoms with Gasteiger partial charge in [-0.15, -0.1) is 0 Å². The van der Waals surface area contributed by atoms with Crippen molar-refractivity contribution in [3.8, 4) is 0 Å². The van der Waals surface area contributed by atoms with Crippen molar-refractivity contribution in [1.29, 1.82) is 0 Å². The highest BCUT2D eigenvalue weighted by molar-refractivity contribution is 5.82. The van der Waals surface area contributed by atoms with Gasteiger partial charge in [0.05, 0.1) is 6.54 Å². The summed E-state index contributed by atoms with van der Waals surface area (Å²) in [6, 6.07) is 0.437. The Morgan fingerprint density at radius 3 is 2.53 bits per heavy atom. The summed E-state index contributed by atoms with van der Waals surface area (Å²) in [6.07, 6.45) is 4.68. The van der Waals surface area contributed by atoms with E-state index in [1.165, 1.54) is 24.8 Å². The summed E-state index contributed by atoms with van der Waals surface area (Å²) in [4.78, 5) is 23.0. The fourth-order valence-corrected chi connectivity index (χ4v) is 1.79. The summed E-state index contributed by atoms with van der Waals surface area (Å²) in [5, 5.41) is 11.6. The summed E-state index contributed by atoms with van der Waals surface area (Å²) < 4.78 is 0. The minimum Gasteiger partial charge on any atom is -0.480 e. The zero-order chi connectivity index (χ0) is 11.3. The van der Waals surface area contributed by atoms with Gasteiger partial charge in [0.1, 0.15) is 6.54 Å². The molecule has 0 saturated heterocycles. The van der Waals surface area contributed by atoms with Crippen molar-refractivity contribution >= 4 is 11.9 Å². The Morgan fingerprint density at radius 2 is 2.00 bits per heavy atom. The Bertz CT molecular complexity index is 237. The summed E-state index contributed by atoms with van der Waals surface area (Å²) in [5.74, 6) is -1.14. The average molecular weight is 214 g/mol. The van der Waals surface area contributed by atoms with Crippen LogP contribution in [0.1, 0.15) is 25.7 Å². The van der Waals surface area contributed by atoms with E-state index >= 15 is 0 Å². The summed E-state index contributed by atoms with van der Waals surface area (Å²) in [6.45, 7) is 0.0135. The second-order valence-corrected chi connectivity index (χ2v) is 4.01. The molecule has 0 atom stereocenters. The molecule has 1 amide bonds. The van der Waals surface area contributed by atoms with Gasteiger partial charge < -0.3 is 15.3 Å². The van der Waals surface area contributed by atoms with Gasteiger partial charge >= 0.3 is 5.97 Å². The Hall–Kier alpha value is -1.10. The smallest absolute Gasteiger partial charge is 0.323 e. The zero-order valence-electron chi connectivity index (χ0n) is 9.03. The molecule has 1 aliphatic carbocycles. The van der Waals surface area contributed by atoms with E-state index < -0.39 is 5.97 Å². The Kier molecular flexibility index (Phi) is 4.55. The molecule has 0 unspecified atom stereocenters. The van der Waals surface area contributed by atoms with Crippen molar-refractivity contribution in [2.24, 2.45) is 0 Å². The van der Waals surface area contributed by atoms with Crippen molar-refractivity contribution in [2.45, 2.75) is 31.7 Å². The van der Waals surface area contributed by atoms with Crippen LogP contribution in [0.2, 0.25) is 0 Å². The van der Waals surface area contributed by atoms with Crippen LogP contribution in [0, 0.1) is 0 Å². The number of carbonyl (C=O) groups is 2. The standard InChI is InChI=1S/C10H18N2O3/c1-12(7-10(14)15)9(13)6-11-8-4-2-3-5-8/h8,11H,2-7H2,1H3,(H,14,15). The van der Waals surface area contributed by atoms with Gasteiger partial charge in [0, 0.05) is 13.1 Å². The molecular weight excluding hydrogens is 196 g/mol. The van der Waals surface area contributed by atoms with Crippen LogP contribution in [0.3, 0.4) is 0 Å². The van der Waals surface area contributed by atoms with Crippen LogP contribution in [-0.4, -0.2) is 48.1 Å². The highest BCUT2D eigenvalue weighted by atomic mass is 16.4. The summed E-state index contributed by atoms with van der Waals surface area (Å²) in [7, 11) is 1.51. The summed E-state index contributed by atoms with van der Waals surface area (Å²) in [5.41, 5.74) is 0. The largest absolute Gasteiger partial charge is 0.480 e. The predicted molar refractivity (Wildman–Crippen MR) is 55.5 cm³/mol. The highest BCUT2D eigenvalue weighted by Crippen LogP contribution is 2.17. The number of hydrogen-bond donors (Lipinski definition) is 2. The van der Waals surface area contributed by atoms with Crippen molar-refractivity contribution < 1.29 is 14.7 Å². The first-order chi connectivity index (χ1) is 7.09. The van der Waals surface area contributed by atoms with Crippen LogP contribution in [0.15, 0.2) is 0 Å². The third-order valence-corrected chi connectivity index (χ3v) is 2.70. The van der Waals surface area contributed by atoms with Gasteiger partial charge in [-0.1, -0.05) is 12.8 Å². The van der Waals surface area contributed by atoms with E-state index in [2.05, 4.69) is 5.32 Å². The molecule has 1 fully saturated rings. The molecule has 1 rings (SSSR count). The first-order valence-corrected chi connectivity index (χ1v) is 5.28. The van der Waals surface area contributed by atoms with Crippen molar-refractivity contribution in [2.75, 3.05) is 20.1 Å². The molecule has 0 spiro atoms. The van der Waals surface area contributed by atoms with E-state index in [0.717, 1.165) is 12.8 Å². The van der Waals surface area contributed by atoms with E-state index in [1.807, 2.05) is 0 Å². The molecule has 0 aromatic rings. The number of carbonyl (C=O) groups excluding carboxylic acids is 1. The van der Waals surface area contributed by atoms with Crippen LogP contribution in [0.25, 0.3) is 0 Å². The van der Waals surface area contributed by atoms with Crippen LogP contribution < -0.4 is 5.32 Å². The number of nitrogens with zero attached hydrogens (tertiary/aromatic N) is 1. The third kappa shape index (κ3) is 4.29. The Balaban J connectivity index is 2.19. The molecule has 15 heavy (non-hydrogen) atoms. The normalized spacial score (nSPS) is 16.6. The molecule has 5 nitrogen and oxygen atoms in total. The van der Waals surface area contributed by atoms with Crippen LogP contribution in [0.4, 0.5) is 0 Å². The van der Waals surface area contributed by atoms with Gasteiger partial charge in [-0.3, -0.25) is 9.59 Å². The lowest BCUT2D eigenvalue weighted by Crippen LogP contribution is -2.41. The Labute approximate surface area is 89.4 Å². The second kappa shape index (κ2) is 5.70. The quantitative estimate of drug-likeness (QED) is 0.679. The lowest BCUT2D eigenvalue weighted by Gasteiger charge is -2.17. The number of rotatable bonds is 5. The van der Waals surface area contributed by atoms with Crippen molar-refractivity contribution in [1.82, 2.24) is 10.2 Å². The number of likely N-dealkylation sites (N-methyl/N-ethyl adjacent to an activating group) is 1. The average Bonchev–Trinajstić information content (AvgIpc) is 2.65. The molecule has 0 aliphatic heterocycles. The number of carboxylic acids is 1. The highest BCUT2D eigenvalue weighted by Gasteiger charge is 2.17. The first kappa shape index (κ1) is 12.0. The maximum atomic E-state index is 11.4. The maximum Gasteiger partial charge on any atom is 0.323 e. The number of aliphatic carboxylic acids is 1. The molecule has 0 radical (unpaired) electrons. The molecule has 0 heterocycles. The second-order valence-electron chi connectivity index (χ2n) is 4.01. The van der Waals surface area contributed by atoms with Crippen LogP contribution in [-0.2, 0) is 9.59 Å². The van der Waals surface area contributed by atoms with Gasteiger partial charge in [0.25, 0.3) is 0 Å².